The summed E-state index contributed by atoms with van der Waals surface area (Å²) in [6.45, 7) is 9.83. The molecule has 1 heterocycles. The van der Waals surface area contributed by atoms with Gasteiger partial charge in [-0.2, -0.15) is 0 Å². The van der Waals surface area contributed by atoms with Gasteiger partial charge in [0.05, 0.1) is 24.7 Å². The van der Waals surface area contributed by atoms with Gasteiger partial charge < -0.3 is 14.6 Å². The third-order valence-electron chi connectivity index (χ3n) is 2.30. The first-order valence-corrected chi connectivity index (χ1v) is 6.05. The van der Waals surface area contributed by atoms with Gasteiger partial charge in [0.15, 0.2) is 0 Å². The van der Waals surface area contributed by atoms with E-state index in [-0.39, 0.29) is 0 Å². The highest BCUT2D eigenvalue weighted by Crippen LogP contribution is 2.00. The maximum absolute atomic E-state index is 5.45. The van der Waals surface area contributed by atoms with Crippen LogP contribution in [0.5, 0.6) is 0 Å². The van der Waals surface area contributed by atoms with Gasteiger partial charge in [-0.25, -0.2) is 4.98 Å². The zero-order chi connectivity index (χ0) is 11.8. The van der Waals surface area contributed by atoms with E-state index in [4.69, 9.17) is 4.74 Å². The van der Waals surface area contributed by atoms with E-state index < -0.39 is 0 Å². The Morgan fingerprint density at radius 1 is 1.50 bits per heavy atom. The van der Waals surface area contributed by atoms with Crippen LogP contribution in [0.15, 0.2) is 12.5 Å². The van der Waals surface area contributed by atoms with Crippen LogP contribution in [-0.4, -0.2) is 28.8 Å². The van der Waals surface area contributed by atoms with Crippen LogP contribution < -0.4 is 5.32 Å². The Morgan fingerprint density at radius 2 is 2.31 bits per heavy atom. The standard InChI is InChI=1S/C12H23N3O/c1-4-6-15-10-14-9-12(15)8-13-5-7-16-11(2)3/h9-11,13H,4-8H2,1-3H3. The van der Waals surface area contributed by atoms with E-state index in [0.29, 0.717) is 6.10 Å². The van der Waals surface area contributed by atoms with Crippen molar-refractivity contribution in [3.63, 3.8) is 0 Å². The summed E-state index contributed by atoms with van der Waals surface area (Å²) in [5.41, 5.74) is 1.24. The van der Waals surface area contributed by atoms with Crippen LogP contribution in [0.25, 0.3) is 0 Å². The average Bonchev–Trinajstić information content (AvgIpc) is 2.65. The minimum Gasteiger partial charge on any atom is -0.377 e. The molecule has 4 heteroatoms. The molecule has 0 spiro atoms. The molecule has 0 unspecified atom stereocenters. The van der Waals surface area contributed by atoms with Crippen LogP contribution in [0, 0.1) is 0 Å². The quantitative estimate of drug-likeness (QED) is 0.686. The molecule has 0 aliphatic rings. The summed E-state index contributed by atoms with van der Waals surface area (Å²) < 4.78 is 7.64. The Hall–Kier alpha value is -0.870. The lowest BCUT2D eigenvalue weighted by molar-refractivity contribution is 0.0806. The highest BCUT2D eigenvalue weighted by Gasteiger charge is 2.00. The van der Waals surface area contributed by atoms with E-state index in [1.807, 2.05) is 12.5 Å². The van der Waals surface area contributed by atoms with Gasteiger partial charge in [0.25, 0.3) is 0 Å². The second kappa shape index (κ2) is 7.41. The molecule has 0 fully saturated rings. The van der Waals surface area contributed by atoms with Crippen molar-refractivity contribution in [1.82, 2.24) is 14.9 Å². The van der Waals surface area contributed by atoms with Crippen molar-refractivity contribution in [2.45, 2.75) is 46.4 Å². The lowest BCUT2D eigenvalue weighted by Gasteiger charge is -2.10. The summed E-state index contributed by atoms with van der Waals surface area (Å²) in [5, 5.41) is 3.36. The van der Waals surface area contributed by atoms with Crippen LogP contribution >= 0.6 is 0 Å². The van der Waals surface area contributed by atoms with Crippen molar-refractivity contribution in [3.05, 3.63) is 18.2 Å². The van der Waals surface area contributed by atoms with E-state index in [2.05, 4.69) is 35.6 Å². The maximum Gasteiger partial charge on any atom is 0.0948 e. The molecule has 0 aromatic carbocycles. The smallest absolute Gasteiger partial charge is 0.0948 e. The van der Waals surface area contributed by atoms with Crippen molar-refractivity contribution in [2.24, 2.45) is 0 Å². The third-order valence-corrected chi connectivity index (χ3v) is 2.30. The fourth-order valence-electron chi connectivity index (χ4n) is 1.52. The number of hydrogen-bond donors (Lipinski definition) is 1. The Balaban J connectivity index is 2.18. The SMILES string of the molecule is CCCn1cncc1CNCCOC(C)C. The molecule has 0 saturated heterocycles. The molecule has 0 atom stereocenters. The molecule has 16 heavy (non-hydrogen) atoms. The van der Waals surface area contributed by atoms with Crippen molar-refractivity contribution >= 4 is 0 Å². The fraction of sp³-hybridized carbons (Fsp3) is 0.750. The molecule has 4 nitrogen and oxygen atoms in total. The van der Waals surface area contributed by atoms with Crippen molar-refractivity contribution < 1.29 is 4.74 Å². The van der Waals surface area contributed by atoms with Gasteiger partial charge >= 0.3 is 0 Å². The van der Waals surface area contributed by atoms with E-state index >= 15 is 0 Å². The first-order chi connectivity index (χ1) is 7.74. The van der Waals surface area contributed by atoms with Gasteiger partial charge in [-0.15, -0.1) is 0 Å². The van der Waals surface area contributed by atoms with Crippen LogP contribution in [-0.2, 0) is 17.8 Å². The Morgan fingerprint density at radius 3 is 3.00 bits per heavy atom. The van der Waals surface area contributed by atoms with Crippen molar-refractivity contribution in [2.75, 3.05) is 13.2 Å². The van der Waals surface area contributed by atoms with Crippen LogP contribution in [0.4, 0.5) is 0 Å². The topological polar surface area (TPSA) is 39.1 Å². The van der Waals surface area contributed by atoms with Gasteiger partial charge in [0.2, 0.25) is 0 Å². The lowest BCUT2D eigenvalue weighted by atomic mass is 10.4. The monoisotopic (exact) mass is 225 g/mol. The van der Waals surface area contributed by atoms with Gasteiger partial charge in [0.1, 0.15) is 0 Å². The summed E-state index contributed by atoms with van der Waals surface area (Å²) in [6.07, 6.45) is 5.27. The molecule has 1 rings (SSSR count). The highest BCUT2D eigenvalue weighted by molar-refractivity contribution is 4.97. The molecular formula is C12H23N3O. The highest BCUT2D eigenvalue weighted by atomic mass is 16.5. The van der Waals surface area contributed by atoms with E-state index in [1.165, 1.54) is 5.69 Å². The van der Waals surface area contributed by atoms with Crippen LogP contribution in [0.1, 0.15) is 32.9 Å². The van der Waals surface area contributed by atoms with Gasteiger partial charge in [-0.3, -0.25) is 0 Å². The molecule has 1 aromatic rings. The first kappa shape index (κ1) is 13.2. The number of rotatable bonds is 8. The number of aryl methyl sites for hydroxylation is 1. The van der Waals surface area contributed by atoms with Crippen molar-refractivity contribution in [3.8, 4) is 0 Å². The van der Waals surface area contributed by atoms with Gasteiger partial charge in [-0.1, -0.05) is 6.92 Å². The molecule has 0 amide bonds. The summed E-state index contributed by atoms with van der Waals surface area (Å²) in [6, 6.07) is 0. The van der Waals surface area contributed by atoms with Gasteiger partial charge in [0, 0.05) is 25.8 Å². The zero-order valence-corrected chi connectivity index (χ0v) is 10.6. The van der Waals surface area contributed by atoms with E-state index in [0.717, 1.165) is 32.7 Å². The number of nitrogens with zero attached hydrogens (tertiary/aromatic N) is 2. The molecule has 92 valence electrons. The first-order valence-electron chi connectivity index (χ1n) is 6.05. The largest absolute Gasteiger partial charge is 0.377 e. The number of imidazole rings is 1. The molecule has 0 aliphatic carbocycles. The molecule has 1 aromatic heterocycles. The molecule has 0 saturated carbocycles. The Labute approximate surface area is 98.0 Å². The predicted molar refractivity (Wildman–Crippen MR) is 65.3 cm³/mol. The van der Waals surface area contributed by atoms with Gasteiger partial charge in [-0.05, 0) is 20.3 Å². The molecule has 0 radical (unpaired) electrons. The predicted octanol–water partition coefficient (Wildman–Crippen LogP) is 1.81. The average molecular weight is 225 g/mol. The minimum absolute atomic E-state index is 0.312. The zero-order valence-electron chi connectivity index (χ0n) is 10.6. The second-order valence-corrected chi connectivity index (χ2v) is 4.17. The Kier molecular flexibility index (Phi) is 6.11. The van der Waals surface area contributed by atoms with E-state index in [1.54, 1.807) is 0 Å². The molecule has 0 aliphatic heterocycles. The van der Waals surface area contributed by atoms with E-state index in [9.17, 15) is 0 Å². The minimum atomic E-state index is 0.312. The normalized spacial score (nSPS) is 11.2. The molecule has 1 N–H and O–H groups in total. The number of hydrogen-bond acceptors (Lipinski definition) is 3. The lowest BCUT2D eigenvalue weighted by Crippen LogP contribution is -2.22. The van der Waals surface area contributed by atoms with Crippen molar-refractivity contribution in [1.29, 1.82) is 0 Å². The summed E-state index contributed by atoms with van der Waals surface area (Å²) in [4.78, 5) is 4.16. The van der Waals surface area contributed by atoms with Crippen LogP contribution in [0.3, 0.4) is 0 Å². The molecule has 0 bridgehead atoms. The maximum atomic E-state index is 5.45. The number of ether oxygens (including phenoxy) is 1. The second-order valence-electron chi connectivity index (χ2n) is 4.17. The number of aromatic nitrogens is 2. The summed E-state index contributed by atoms with van der Waals surface area (Å²) in [7, 11) is 0. The third kappa shape index (κ3) is 4.77. The fourth-order valence-corrected chi connectivity index (χ4v) is 1.52. The van der Waals surface area contributed by atoms with Crippen LogP contribution in [0.2, 0.25) is 0 Å². The number of nitrogens with one attached hydrogen (secondary N) is 1. The Bertz CT molecular complexity index is 284. The summed E-state index contributed by atoms with van der Waals surface area (Å²) in [5.74, 6) is 0. The molecular weight excluding hydrogens is 202 g/mol. The summed E-state index contributed by atoms with van der Waals surface area (Å²) >= 11 is 0.